The second-order valence-corrected chi connectivity index (χ2v) is 17.9. The van der Waals surface area contributed by atoms with E-state index in [0.29, 0.717) is 0 Å². The van der Waals surface area contributed by atoms with Crippen molar-refractivity contribution in [2.75, 3.05) is 0 Å². The summed E-state index contributed by atoms with van der Waals surface area (Å²) in [5.74, 6) is 0. The van der Waals surface area contributed by atoms with Crippen LogP contribution >= 0.6 is 0 Å². The highest BCUT2D eigenvalue weighted by Crippen LogP contribution is 2.49. The summed E-state index contributed by atoms with van der Waals surface area (Å²) in [4.78, 5) is 0. The van der Waals surface area contributed by atoms with Crippen molar-refractivity contribution in [3.63, 3.8) is 0 Å². The minimum Gasteiger partial charge on any atom is -0.0622 e. The van der Waals surface area contributed by atoms with E-state index in [4.69, 9.17) is 0 Å². The van der Waals surface area contributed by atoms with Gasteiger partial charge in [0, 0.05) is 0 Å². The van der Waals surface area contributed by atoms with Crippen molar-refractivity contribution >= 4 is 53.9 Å². The van der Waals surface area contributed by atoms with Crippen LogP contribution in [0, 0.1) is 0 Å². The van der Waals surface area contributed by atoms with Crippen LogP contribution in [0.1, 0.15) is 0 Å². The van der Waals surface area contributed by atoms with E-state index >= 15 is 0 Å². The predicted octanol–water partition coefficient (Wildman–Crippen LogP) is 19.1. The molecule has 0 bridgehead atoms. The molecule has 0 fully saturated rings. The van der Waals surface area contributed by atoms with Crippen molar-refractivity contribution < 1.29 is 0 Å². The third-order valence-electron chi connectivity index (χ3n) is 14.0. The Kier molecular flexibility index (Phi) is 9.62. The second-order valence-electron chi connectivity index (χ2n) is 17.9. The molecule has 0 aliphatic rings. The highest BCUT2D eigenvalue weighted by Gasteiger charge is 2.22. The number of hydrogen-bond donors (Lipinski definition) is 0. The van der Waals surface area contributed by atoms with E-state index in [0.717, 1.165) is 0 Å². The SMILES string of the molecule is c1ccc(-c2ccc3c(c2)c(-c2ccccc2)c(-c2ccccc2)c2cc(-c4ccc5c(c4)c(-c4ccccc4)c(-c4ccccc4)c4cc(-c6ccc7ccccc7c6)ccc45)ccc23)cc1. The largest absolute Gasteiger partial charge is 0.0622 e. The Morgan fingerprint density at radius 3 is 0.721 bits per heavy atom. The van der Waals surface area contributed by atoms with Gasteiger partial charge in [-0.05, 0) is 162 Å². The van der Waals surface area contributed by atoms with Crippen molar-refractivity contribution in [2.45, 2.75) is 0 Å². The van der Waals surface area contributed by atoms with Gasteiger partial charge in [-0.3, -0.25) is 0 Å². The van der Waals surface area contributed by atoms with Gasteiger partial charge >= 0.3 is 0 Å². The van der Waals surface area contributed by atoms with Crippen LogP contribution in [0.25, 0.3) is 132 Å². The standard InChI is InChI=1S/C68H44/c1-6-18-45(19-7-1)53-32-36-57-59-38-34-55(43-63(59)67(49-25-12-4-13-26-49)65(61(57)41-53)47-21-8-2-9-22-47)56-35-39-60-58-37-33-54(52-31-30-46-20-16-17-29-51(46)40-52)42-62(58)66(48-23-10-3-11-24-48)68(64(60)44-56)50-27-14-5-15-28-50/h1-44H. The molecule has 13 aromatic rings. The molecule has 13 rings (SSSR count). The van der Waals surface area contributed by atoms with Gasteiger partial charge in [-0.25, -0.2) is 0 Å². The van der Waals surface area contributed by atoms with Gasteiger partial charge in [-0.15, -0.1) is 0 Å². The molecule has 0 amide bonds. The van der Waals surface area contributed by atoms with Crippen LogP contribution in [0.2, 0.25) is 0 Å². The monoisotopic (exact) mass is 860 g/mol. The van der Waals surface area contributed by atoms with Gasteiger partial charge in [0.1, 0.15) is 0 Å². The zero-order valence-corrected chi connectivity index (χ0v) is 37.4. The summed E-state index contributed by atoms with van der Waals surface area (Å²) in [7, 11) is 0. The normalized spacial score (nSPS) is 11.5. The Balaban J connectivity index is 1.09. The first-order valence-corrected chi connectivity index (χ1v) is 23.6. The smallest absolute Gasteiger partial charge is 0.00201 e. The summed E-state index contributed by atoms with van der Waals surface area (Å²) < 4.78 is 0. The molecule has 0 aliphatic heterocycles. The summed E-state index contributed by atoms with van der Waals surface area (Å²) in [5.41, 5.74) is 17.0. The van der Waals surface area contributed by atoms with Gasteiger partial charge < -0.3 is 0 Å². The van der Waals surface area contributed by atoms with Crippen molar-refractivity contribution in [1.82, 2.24) is 0 Å². The molecule has 0 heteroatoms. The maximum atomic E-state index is 2.45. The lowest BCUT2D eigenvalue weighted by Crippen LogP contribution is -1.94. The zero-order valence-electron chi connectivity index (χ0n) is 37.4. The fourth-order valence-electron chi connectivity index (χ4n) is 10.8. The molecule has 0 saturated carbocycles. The number of hydrogen-bond acceptors (Lipinski definition) is 0. The molecule has 0 radical (unpaired) electrons. The Hall–Kier alpha value is -8.84. The maximum absolute atomic E-state index is 2.45. The predicted molar refractivity (Wildman–Crippen MR) is 292 cm³/mol. The molecule has 0 aliphatic carbocycles. The van der Waals surface area contributed by atoms with E-state index in [1.165, 1.54) is 132 Å². The molecular formula is C68H44. The highest BCUT2D eigenvalue weighted by molar-refractivity contribution is 6.24. The van der Waals surface area contributed by atoms with Crippen LogP contribution in [-0.4, -0.2) is 0 Å². The summed E-state index contributed by atoms with van der Waals surface area (Å²) >= 11 is 0. The van der Waals surface area contributed by atoms with E-state index < -0.39 is 0 Å². The first kappa shape index (κ1) is 39.5. The van der Waals surface area contributed by atoms with Gasteiger partial charge in [0.05, 0.1) is 0 Å². The van der Waals surface area contributed by atoms with Crippen molar-refractivity contribution in [2.24, 2.45) is 0 Å². The first-order valence-electron chi connectivity index (χ1n) is 23.6. The Morgan fingerprint density at radius 2 is 0.382 bits per heavy atom. The third kappa shape index (κ3) is 6.77. The molecule has 0 saturated heterocycles. The fourth-order valence-corrected chi connectivity index (χ4v) is 10.8. The topological polar surface area (TPSA) is 0 Å². The Labute approximate surface area is 396 Å². The third-order valence-corrected chi connectivity index (χ3v) is 14.0. The average molecular weight is 861 g/mol. The van der Waals surface area contributed by atoms with Crippen LogP contribution in [0.5, 0.6) is 0 Å². The minimum atomic E-state index is 1.18. The van der Waals surface area contributed by atoms with Gasteiger partial charge in [0.2, 0.25) is 0 Å². The van der Waals surface area contributed by atoms with Gasteiger partial charge in [-0.2, -0.15) is 0 Å². The van der Waals surface area contributed by atoms with Crippen LogP contribution < -0.4 is 0 Å². The van der Waals surface area contributed by atoms with Gasteiger partial charge in [-0.1, -0.05) is 237 Å². The first-order chi connectivity index (χ1) is 33.7. The van der Waals surface area contributed by atoms with E-state index in [-0.39, 0.29) is 0 Å². The number of fused-ring (bicyclic) bond motifs is 7. The van der Waals surface area contributed by atoms with Crippen LogP contribution in [0.15, 0.2) is 267 Å². The molecule has 0 unspecified atom stereocenters. The quantitative estimate of drug-likeness (QED) is 0.140. The maximum Gasteiger partial charge on any atom is -0.00201 e. The lowest BCUT2D eigenvalue weighted by Gasteiger charge is -2.21. The van der Waals surface area contributed by atoms with E-state index in [1.807, 2.05) is 0 Å². The lowest BCUT2D eigenvalue weighted by molar-refractivity contribution is 1.61. The molecule has 68 heavy (non-hydrogen) atoms. The molecule has 0 spiro atoms. The highest BCUT2D eigenvalue weighted by atomic mass is 14.2. The van der Waals surface area contributed by atoms with Crippen molar-refractivity contribution in [3.8, 4) is 77.9 Å². The van der Waals surface area contributed by atoms with E-state index in [9.17, 15) is 0 Å². The average Bonchev–Trinajstić information content (AvgIpc) is 3.42. The van der Waals surface area contributed by atoms with Gasteiger partial charge in [0.25, 0.3) is 0 Å². The van der Waals surface area contributed by atoms with E-state index in [1.54, 1.807) is 0 Å². The number of rotatable bonds is 7. The molecule has 316 valence electrons. The number of benzene rings is 13. The molecule has 0 heterocycles. The summed E-state index contributed by atoms with van der Waals surface area (Å²) in [6.45, 7) is 0. The molecule has 0 nitrogen and oxygen atoms in total. The van der Waals surface area contributed by atoms with Crippen LogP contribution in [0.3, 0.4) is 0 Å². The molecule has 0 N–H and O–H groups in total. The minimum absolute atomic E-state index is 1.18. The van der Waals surface area contributed by atoms with Crippen molar-refractivity contribution in [1.29, 1.82) is 0 Å². The summed E-state index contributed by atoms with van der Waals surface area (Å²) in [6.07, 6.45) is 0. The second kappa shape index (κ2) is 16.5. The molecule has 13 aromatic carbocycles. The van der Waals surface area contributed by atoms with Crippen molar-refractivity contribution in [3.05, 3.63) is 267 Å². The van der Waals surface area contributed by atoms with E-state index in [2.05, 4.69) is 267 Å². The summed E-state index contributed by atoms with van der Waals surface area (Å²) in [5, 5.41) is 12.4. The molecule has 0 aromatic heterocycles. The Morgan fingerprint density at radius 1 is 0.132 bits per heavy atom. The van der Waals surface area contributed by atoms with Crippen LogP contribution in [-0.2, 0) is 0 Å². The zero-order chi connectivity index (χ0) is 45.0. The fraction of sp³-hybridized carbons (Fsp3) is 0. The summed E-state index contributed by atoms with van der Waals surface area (Å²) in [6, 6.07) is 98.6. The lowest BCUT2D eigenvalue weighted by atomic mass is 9.82. The molecular weight excluding hydrogens is 817 g/mol. The molecule has 0 atom stereocenters. The Bertz CT molecular complexity index is 4020. The van der Waals surface area contributed by atoms with Gasteiger partial charge in [0.15, 0.2) is 0 Å². The van der Waals surface area contributed by atoms with Crippen LogP contribution in [0.4, 0.5) is 0 Å².